The number of aryl methyl sites for hydroxylation is 1. The lowest BCUT2D eigenvalue weighted by Crippen LogP contribution is -2.48. The average molecular weight is 318 g/mol. The Morgan fingerprint density at radius 3 is 2.83 bits per heavy atom. The van der Waals surface area contributed by atoms with Crippen LogP contribution in [0.25, 0.3) is 0 Å². The van der Waals surface area contributed by atoms with E-state index in [4.69, 9.17) is 4.74 Å². The molecule has 1 N–H and O–H groups in total. The minimum atomic E-state index is -0.198. The average Bonchev–Trinajstić information content (AvgIpc) is 2.97. The quantitative estimate of drug-likeness (QED) is 0.917. The number of nitrogens with zero attached hydrogens (tertiary/aromatic N) is 3. The third kappa shape index (κ3) is 3.10. The van der Waals surface area contributed by atoms with Gasteiger partial charge >= 0.3 is 0 Å². The summed E-state index contributed by atoms with van der Waals surface area (Å²) in [4.78, 5) is 23.8. The number of amides is 1. The zero-order valence-corrected chi connectivity index (χ0v) is 14.3. The first kappa shape index (κ1) is 16.3. The van der Waals surface area contributed by atoms with Gasteiger partial charge in [0.15, 0.2) is 0 Å². The molecule has 1 aromatic rings. The van der Waals surface area contributed by atoms with Crippen LogP contribution in [0, 0.1) is 6.92 Å². The van der Waals surface area contributed by atoms with Crippen molar-refractivity contribution >= 4 is 5.91 Å². The fourth-order valence-electron chi connectivity index (χ4n) is 3.86. The Labute approximate surface area is 137 Å². The molecule has 126 valence electrons. The van der Waals surface area contributed by atoms with E-state index in [0.717, 1.165) is 57.0 Å². The van der Waals surface area contributed by atoms with Crippen molar-refractivity contribution in [2.75, 3.05) is 26.8 Å². The number of carbonyl (C=O) groups excluding carboxylic acids is 1. The molecule has 0 spiro atoms. The van der Waals surface area contributed by atoms with E-state index in [1.807, 2.05) is 6.92 Å². The van der Waals surface area contributed by atoms with Crippen molar-refractivity contribution in [3.63, 3.8) is 0 Å². The Kier molecular flexibility index (Phi) is 4.64. The van der Waals surface area contributed by atoms with Gasteiger partial charge in [-0.25, -0.2) is 9.97 Å². The molecule has 6 nitrogen and oxygen atoms in total. The molecule has 1 amide bonds. The van der Waals surface area contributed by atoms with E-state index >= 15 is 0 Å². The van der Waals surface area contributed by atoms with Gasteiger partial charge in [0.1, 0.15) is 11.5 Å². The first-order valence-electron chi connectivity index (χ1n) is 8.47. The Balaban J connectivity index is 1.94. The smallest absolute Gasteiger partial charge is 0.269 e. The predicted molar refractivity (Wildman–Crippen MR) is 87.3 cm³/mol. The summed E-state index contributed by atoms with van der Waals surface area (Å²) >= 11 is 0. The molecule has 0 unspecified atom stereocenters. The maximum Gasteiger partial charge on any atom is 0.269 e. The first-order valence-corrected chi connectivity index (χ1v) is 8.47. The van der Waals surface area contributed by atoms with Gasteiger partial charge in [-0.2, -0.15) is 0 Å². The van der Waals surface area contributed by atoms with E-state index in [1.165, 1.54) is 0 Å². The Morgan fingerprint density at radius 2 is 2.13 bits per heavy atom. The number of nitrogens with one attached hydrogen (secondary N) is 1. The van der Waals surface area contributed by atoms with E-state index in [2.05, 4.69) is 27.1 Å². The fraction of sp³-hybridized carbons (Fsp3) is 0.706. The first-order chi connectivity index (χ1) is 11.0. The van der Waals surface area contributed by atoms with Gasteiger partial charge in [0.05, 0.1) is 5.54 Å². The van der Waals surface area contributed by atoms with Crippen molar-refractivity contribution < 1.29 is 9.53 Å². The minimum Gasteiger partial charge on any atom is -0.381 e. The largest absolute Gasteiger partial charge is 0.381 e. The van der Waals surface area contributed by atoms with Crippen LogP contribution in [0.5, 0.6) is 0 Å². The summed E-state index contributed by atoms with van der Waals surface area (Å²) in [6.45, 7) is 6.87. The number of ether oxygens (including phenoxy) is 1. The molecule has 23 heavy (non-hydrogen) atoms. The third-order valence-electron chi connectivity index (χ3n) is 5.12. The molecule has 1 aromatic heterocycles. The summed E-state index contributed by atoms with van der Waals surface area (Å²) in [5, 5.41) is 2.65. The molecule has 3 rings (SSSR count). The fourth-order valence-corrected chi connectivity index (χ4v) is 3.86. The molecular weight excluding hydrogens is 292 g/mol. The van der Waals surface area contributed by atoms with Gasteiger partial charge in [-0.1, -0.05) is 0 Å². The second kappa shape index (κ2) is 6.53. The number of rotatable bonds is 3. The number of hydrogen-bond acceptors (Lipinski definition) is 5. The summed E-state index contributed by atoms with van der Waals surface area (Å²) in [5.41, 5.74) is 1.10. The summed E-state index contributed by atoms with van der Waals surface area (Å²) < 4.78 is 5.51. The highest BCUT2D eigenvalue weighted by Gasteiger charge is 2.44. The number of likely N-dealkylation sites (tertiary alicyclic amines) is 1. The maximum absolute atomic E-state index is 12.0. The molecule has 3 heterocycles. The van der Waals surface area contributed by atoms with Crippen LogP contribution in [0.3, 0.4) is 0 Å². The normalized spacial score (nSPS) is 26.4. The molecule has 0 radical (unpaired) electrons. The van der Waals surface area contributed by atoms with Gasteiger partial charge in [0.2, 0.25) is 0 Å². The minimum absolute atomic E-state index is 0.157. The molecular formula is C17H26N4O2. The SMILES string of the molecule is CNC(=O)c1cc(C)nc([C@@]2(C)CCCN2C2CCOCC2)n1. The van der Waals surface area contributed by atoms with Gasteiger partial charge in [-0.15, -0.1) is 0 Å². The van der Waals surface area contributed by atoms with Gasteiger partial charge in [0.25, 0.3) is 5.91 Å². The monoisotopic (exact) mass is 318 g/mol. The van der Waals surface area contributed by atoms with Gasteiger partial charge in [-0.3, -0.25) is 9.69 Å². The van der Waals surface area contributed by atoms with Crippen molar-refractivity contribution in [2.24, 2.45) is 0 Å². The highest BCUT2D eigenvalue weighted by atomic mass is 16.5. The van der Waals surface area contributed by atoms with Crippen LogP contribution >= 0.6 is 0 Å². The van der Waals surface area contributed by atoms with Crippen LogP contribution in [0.2, 0.25) is 0 Å². The predicted octanol–water partition coefficient (Wildman–Crippen LogP) is 1.63. The van der Waals surface area contributed by atoms with Crippen molar-refractivity contribution in [2.45, 2.75) is 51.1 Å². The maximum atomic E-state index is 12.0. The van der Waals surface area contributed by atoms with Crippen molar-refractivity contribution in [1.82, 2.24) is 20.2 Å². The molecule has 1 atom stereocenters. The topological polar surface area (TPSA) is 67.4 Å². The highest BCUT2D eigenvalue weighted by molar-refractivity contribution is 5.92. The molecule has 2 aliphatic rings. The molecule has 2 aliphatic heterocycles. The van der Waals surface area contributed by atoms with Crippen LogP contribution < -0.4 is 5.32 Å². The molecule has 0 aromatic carbocycles. The van der Waals surface area contributed by atoms with E-state index < -0.39 is 0 Å². The second-order valence-corrected chi connectivity index (χ2v) is 6.71. The zero-order valence-electron chi connectivity index (χ0n) is 14.3. The van der Waals surface area contributed by atoms with Crippen molar-refractivity contribution in [3.8, 4) is 0 Å². The van der Waals surface area contributed by atoms with Gasteiger partial charge < -0.3 is 10.1 Å². The van der Waals surface area contributed by atoms with E-state index in [1.54, 1.807) is 13.1 Å². The third-order valence-corrected chi connectivity index (χ3v) is 5.12. The van der Waals surface area contributed by atoms with Gasteiger partial charge in [-0.05, 0) is 52.1 Å². The van der Waals surface area contributed by atoms with E-state index in [-0.39, 0.29) is 11.4 Å². The Hall–Kier alpha value is -1.53. The lowest BCUT2D eigenvalue weighted by Gasteiger charge is -2.41. The number of aromatic nitrogens is 2. The number of hydrogen-bond donors (Lipinski definition) is 1. The summed E-state index contributed by atoms with van der Waals surface area (Å²) in [7, 11) is 1.63. The van der Waals surface area contributed by atoms with Crippen LogP contribution in [-0.4, -0.2) is 53.6 Å². The molecule has 0 bridgehead atoms. The van der Waals surface area contributed by atoms with Crippen LogP contribution in [0.1, 0.15) is 54.6 Å². The second-order valence-electron chi connectivity index (χ2n) is 6.71. The summed E-state index contributed by atoms with van der Waals surface area (Å²) in [6, 6.07) is 2.27. The lowest BCUT2D eigenvalue weighted by atomic mass is 9.94. The zero-order chi connectivity index (χ0) is 16.4. The van der Waals surface area contributed by atoms with E-state index in [0.29, 0.717) is 11.7 Å². The molecule has 6 heteroatoms. The van der Waals surface area contributed by atoms with Gasteiger partial charge in [0, 0.05) is 32.0 Å². The van der Waals surface area contributed by atoms with E-state index in [9.17, 15) is 4.79 Å². The summed E-state index contributed by atoms with van der Waals surface area (Å²) in [5.74, 6) is 0.621. The Morgan fingerprint density at radius 1 is 1.39 bits per heavy atom. The van der Waals surface area contributed by atoms with Crippen molar-refractivity contribution in [1.29, 1.82) is 0 Å². The van der Waals surface area contributed by atoms with Crippen LogP contribution in [0.15, 0.2) is 6.07 Å². The number of carbonyl (C=O) groups is 1. The molecule has 0 aliphatic carbocycles. The van der Waals surface area contributed by atoms with Crippen LogP contribution in [0.4, 0.5) is 0 Å². The molecule has 0 saturated carbocycles. The lowest BCUT2D eigenvalue weighted by molar-refractivity contribution is 0.00192. The summed E-state index contributed by atoms with van der Waals surface area (Å²) in [6.07, 6.45) is 4.29. The standard InChI is InChI=1S/C17H26N4O2/c1-12-11-14(15(22)18-3)20-16(19-12)17(2)7-4-8-21(17)13-5-9-23-10-6-13/h11,13H,4-10H2,1-3H3,(H,18,22)/t17-/m1/s1. The Bertz CT molecular complexity index is 586. The molecule has 2 saturated heterocycles. The highest BCUT2D eigenvalue weighted by Crippen LogP contribution is 2.40. The van der Waals surface area contributed by atoms with Crippen molar-refractivity contribution in [3.05, 3.63) is 23.3 Å². The molecule has 2 fully saturated rings. The van der Waals surface area contributed by atoms with Crippen LogP contribution in [-0.2, 0) is 10.3 Å².